The second-order valence-corrected chi connectivity index (χ2v) is 7.60. The summed E-state index contributed by atoms with van der Waals surface area (Å²) in [5.41, 5.74) is -0.295. The van der Waals surface area contributed by atoms with Gasteiger partial charge in [-0.3, -0.25) is 4.79 Å². The molecule has 11 nitrogen and oxygen atoms in total. The Balaban J connectivity index is 1.51. The molecule has 2 amide bonds. The zero-order valence-corrected chi connectivity index (χ0v) is 18.1. The average molecular weight is 479 g/mol. The molecule has 0 aliphatic heterocycles. The minimum atomic E-state index is -1.50. The van der Waals surface area contributed by atoms with Gasteiger partial charge < -0.3 is 30.4 Å². The summed E-state index contributed by atoms with van der Waals surface area (Å²) in [5.74, 6) is -3.25. The van der Waals surface area contributed by atoms with Crippen LogP contribution in [-0.4, -0.2) is 42.7 Å². The molecular weight excluding hydrogens is 461 g/mol. The van der Waals surface area contributed by atoms with Crippen molar-refractivity contribution in [2.75, 3.05) is 5.32 Å². The summed E-state index contributed by atoms with van der Waals surface area (Å²) >= 11 is 0. The van der Waals surface area contributed by atoms with E-state index >= 15 is 0 Å². The number of carboxylic acids is 2. The highest BCUT2D eigenvalue weighted by atomic mass is 19.1. The fourth-order valence-corrected chi connectivity index (χ4v) is 3.40. The van der Waals surface area contributed by atoms with Gasteiger partial charge in [-0.1, -0.05) is 0 Å². The number of nitrogens with zero attached hydrogens (tertiary/aromatic N) is 2. The molecule has 35 heavy (non-hydrogen) atoms. The maximum atomic E-state index is 14.7. The molecule has 0 saturated carbocycles. The zero-order valence-electron chi connectivity index (χ0n) is 18.1. The van der Waals surface area contributed by atoms with Crippen LogP contribution < -0.4 is 16.2 Å². The Bertz CT molecular complexity index is 1530. The molecule has 0 spiro atoms. The van der Waals surface area contributed by atoms with E-state index in [0.717, 1.165) is 6.07 Å². The molecule has 4 aromatic rings. The highest BCUT2D eigenvalue weighted by molar-refractivity contribution is 5.92. The number of carboxylic acid groups (broad SMARTS) is 2. The first kappa shape index (κ1) is 23.2. The molecule has 12 heteroatoms. The van der Waals surface area contributed by atoms with Gasteiger partial charge in [0.1, 0.15) is 5.82 Å². The number of urea groups is 1. The second kappa shape index (κ2) is 9.09. The third-order valence-corrected chi connectivity index (χ3v) is 5.19. The van der Waals surface area contributed by atoms with Crippen LogP contribution in [0.3, 0.4) is 0 Å². The summed E-state index contributed by atoms with van der Waals surface area (Å²) in [6.45, 7) is 1.72. The van der Waals surface area contributed by atoms with Crippen molar-refractivity contribution in [2.24, 2.45) is 0 Å². The summed E-state index contributed by atoms with van der Waals surface area (Å²) in [4.78, 5) is 52.3. The molecule has 0 aliphatic rings. The smallest absolute Gasteiger partial charge is 0.360 e. The Kier molecular flexibility index (Phi) is 6.02. The molecular formula is C23H18FN5O6. The Morgan fingerprint density at radius 2 is 1.80 bits per heavy atom. The van der Waals surface area contributed by atoms with Crippen LogP contribution >= 0.6 is 0 Å². The molecule has 4 rings (SSSR count). The number of aromatic nitrogens is 3. The van der Waals surface area contributed by atoms with Crippen molar-refractivity contribution >= 4 is 34.7 Å². The molecule has 5 N–H and O–H groups in total. The van der Waals surface area contributed by atoms with Gasteiger partial charge in [0.05, 0.1) is 28.3 Å². The lowest BCUT2D eigenvalue weighted by Gasteiger charge is -2.14. The number of H-pyrrole nitrogens is 1. The first-order valence-corrected chi connectivity index (χ1v) is 10.2. The van der Waals surface area contributed by atoms with E-state index in [-0.39, 0.29) is 22.3 Å². The van der Waals surface area contributed by atoms with E-state index in [1.807, 2.05) is 0 Å². The van der Waals surface area contributed by atoms with Crippen LogP contribution in [0.1, 0.15) is 39.4 Å². The lowest BCUT2D eigenvalue weighted by atomic mass is 10.2. The fourth-order valence-electron chi connectivity index (χ4n) is 3.40. The van der Waals surface area contributed by atoms with E-state index in [2.05, 4.69) is 20.6 Å². The quantitative estimate of drug-likeness (QED) is 0.283. The molecule has 0 aliphatic carbocycles. The highest BCUT2D eigenvalue weighted by Gasteiger charge is 2.16. The van der Waals surface area contributed by atoms with Gasteiger partial charge in [0.2, 0.25) is 5.69 Å². The molecule has 178 valence electrons. The summed E-state index contributed by atoms with van der Waals surface area (Å²) < 4.78 is 16.2. The van der Waals surface area contributed by atoms with Crippen LogP contribution in [0.4, 0.5) is 14.9 Å². The molecule has 0 radical (unpaired) electrons. The predicted molar refractivity (Wildman–Crippen MR) is 123 cm³/mol. The number of fused-ring (bicyclic) bond motifs is 1. The largest absolute Gasteiger partial charge is 0.478 e. The molecule has 1 atom stereocenters. The summed E-state index contributed by atoms with van der Waals surface area (Å²) in [5, 5.41) is 23.4. The third-order valence-electron chi connectivity index (χ3n) is 5.19. The SMILES string of the molecule is CC(NC(=O)Nc1ccc(C(=O)O)cc1)c1ccn(-c2cc3nc(C(=O)O)c(=O)[nH]c3cc2F)c1. The standard InChI is InChI=1S/C23H18FN5O6/c1-11(25-23(35)26-14-4-2-12(3-5-14)21(31)32)13-6-7-29(10-13)18-9-17-16(8-15(18)24)28-20(30)19(27-17)22(33)34/h2-11H,1H3,(H,28,30)(H,31,32)(H,33,34)(H2,25,26,35). The lowest BCUT2D eigenvalue weighted by molar-refractivity contribution is 0.0681. The minimum Gasteiger partial charge on any atom is -0.478 e. The summed E-state index contributed by atoms with van der Waals surface area (Å²) in [6.07, 6.45) is 3.14. The first-order chi connectivity index (χ1) is 16.6. The zero-order chi connectivity index (χ0) is 25.3. The normalized spacial score (nSPS) is 11.7. The number of benzene rings is 2. The molecule has 2 heterocycles. The van der Waals surface area contributed by atoms with Gasteiger partial charge >= 0.3 is 18.0 Å². The number of carbonyl (C=O) groups is 3. The van der Waals surface area contributed by atoms with E-state index in [0.29, 0.717) is 11.3 Å². The number of aromatic carboxylic acids is 2. The third kappa shape index (κ3) is 4.85. The maximum absolute atomic E-state index is 14.7. The van der Waals surface area contributed by atoms with Gasteiger partial charge in [-0.2, -0.15) is 0 Å². The molecule has 0 fully saturated rings. The Labute approximate surface area is 195 Å². The predicted octanol–water partition coefficient (Wildman–Crippen LogP) is 3.13. The highest BCUT2D eigenvalue weighted by Crippen LogP contribution is 2.22. The number of halogens is 1. The van der Waals surface area contributed by atoms with Crippen LogP contribution in [0.5, 0.6) is 0 Å². The number of carbonyl (C=O) groups excluding carboxylic acids is 1. The van der Waals surface area contributed by atoms with Crippen LogP contribution in [0.25, 0.3) is 16.7 Å². The van der Waals surface area contributed by atoms with Crippen molar-refractivity contribution < 1.29 is 29.0 Å². The van der Waals surface area contributed by atoms with E-state index in [1.165, 1.54) is 34.9 Å². The Hall–Kier alpha value is -5.00. The maximum Gasteiger partial charge on any atom is 0.360 e. The number of nitrogens with one attached hydrogen (secondary N) is 3. The number of anilines is 1. The molecule has 1 unspecified atom stereocenters. The Morgan fingerprint density at radius 1 is 1.09 bits per heavy atom. The van der Waals surface area contributed by atoms with E-state index in [1.54, 1.807) is 25.4 Å². The summed E-state index contributed by atoms with van der Waals surface area (Å²) in [6, 6.07) is 8.67. The molecule has 0 saturated heterocycles. The Morgan fingerprint density at radius 3 is 2.46 bits per heavy atom. The van der Waals surface area contributed by atoms with Crippen LogP contribution in [-0.2, 0) is 0 Å². The van der Waals surface area contributed by atoms with Gasteiger partial charge in [-0.25, -0.2) is 23.8 Å². The van der Waals surface area contributed by atoms with Crippen molar-refractivity contribution in [1.29, 1.82) is 0 Å². The van der Waals surface area contributed by atoms with Crippen molar-refractivity contribution in [2.45, 2.75) is 13.0 Å². The number of hydrogen-bond donors (Lipinski definition) is 5. The van der Waals surface area contributed by atoms with Crippen molar-refractivity contribution in [3.05, 3.63) is 87.9 Å². The lowest BCUT2D eigenvalue weighted by Crippen LogP contribution is -2.31. The topological polar surface area (TPSA) is 166 Å². The van der Waals surface area contributed by atoms with Gasteiger partial charge in [0.15, 0.2) is 0 Å². The number of rotatable bonds is 6. The molecule has 2 aromatic carbocycles. The molecule has 0 bridgehead atoms. The van der Waals surface area contributed by atoms with Crippen LogP contribution in [0.2, 0.25) is 0 Å². The van der Waals surface area contributed by atoms with Gasteiger partial charge in [-0.15, -0.1) is 0 Å². The number of amides is 2. The first-order valence-electron chi connectivity index (χ1n) is 10.2. The van der Waals surface area contributed by atoms with E-state index in [4.69, 9.17) is 10.2 Å². The number of hydrogen-bond acceptors (Lipinski definition) is 5. The van der Waals surface area contributed by atoms with Crippen molar-refractivity contribution in [3.63, 3.8) is 0 Å². The van der Waals surface area contributed by atoms with Gasteiger partial charge in [-0.05, 0) is 48.9 Å². The van der Waals surface area contributed by atoms with Crippen molar-refractivity contribution in [1.82, 2.24) is 19.9 Å². The van der Waals surface area contributed by atoms with E-state index < -0.39 is 41.1 Å². The van der Waals surface area contributed by atoms with Gasteiger partial charge in [0, 0.05) is 24.1 Å². The van der Waals surface area contributed by atoms with Crippen LogP contribution in [0.15, 0.2) is 59.7 Å². The summed E-state index contributed by atoms with van der Waals surface area (Å²) in [7, 11) is 0. The number of aromatic amines is 1. The monoisotopic (exact) mass is 479 g/mol. The van der Waals surface area contributed by atoms with E-state index in [9.17, 15) is 23.6 Å². The average Bonchev–Trinajstić information content (AvgIpc) is 3.28. The van der Waals surface area contributed by atoms with Crippen molar-refractivity contribution in [3.8, 4) is 5.69 Å². The minimum absolute atomic E-state index is 0.0525. The second-order valence-electron chi connectivity index (χ2n) is 7.60. The molecule has 2 aromatic heterocycles. The van der Waals surface area contributed by atoms with Crippen LogP contribution in [0, 0.1) is 5.82 Å². The van der Waals surface area contributed by atoms with Gasteiger partial charge in [0.25, 0.3) is 5.56 Å². The fraction of sp³-hybridized carbons (Fsp3) is 0.0870.